The molecule has 0 unspecified atom stereocenters. The number of carbonyl (C=O) groups is 1. The summed E-state index contributed by atoms with van der Waals surface area (Å²) in [7, 11) is 1.49. The van der Waals surface area contributed by atoms with Crippen LogP contribution in [-0.4, -0.2) is 13.1 Å². The van der Waals surface area contributed by atoms with Crippen molar-refractivity contribution < 1.29 is 9.53 Å². The van der Waals surface area contributed by atoms with Crippen molar-refractivity contribution in [1.29, 1.82) is 5.26 Å². The maximum atomic E-state index is 11.0. The molecule has 1 N–H and O–H groups in total. The first kappa shape index (κ1) is 11.1. The van der Waals surface area contributed by atoms with E-state index in [1.807, 2.05) is 13.8 Å². The predicted molar refractivity (Wildman–Crippen MR) is 55.7 cm³/mol. The molecule has 15 heavy (non-hydrogen) atoms. The van der Waals surface area contributed by atoms with E-state index < -0.39 is 6.09 Å². The van der Waals surface area contributed by atoms with Crippen LogP contribution in [0.4, 0.5) is 4.79 Å². The van der Waals surface area contributed by atoms with Crippen molar-refractivity contribution in [2.45, 2.75) is 13.8 Å². The number of aryl methyl sites for hydroxylation is 2. The van der Waals surface area contributed by atoms with Gasteiger partial charge >= 0.3 is 6.09 Å². The van der Waals surface area contributed by atoms with E-state index >= 15 is 0 Å². The number of amides is 1. The van der Waals surface area contributed by atoms with Gasteiger partial charge in [0.1, 0.15) is 5.75 Å². The smallest absolute Gasteiger partial charge is 0.410 e. The molecule has 0 aliphatic carbocycles. The van der Waals surface area contributed by atoms with Gasteiger partial charge in [-0.3, -0.25) is 0 Å². The molecule has 0 radical (unpaired) electrons. The zero-order valence-corrected chi connectivity index (χ0v) is 8.92. The molecule has 0 spiro atoms. The Morgan fingerprint density at radius 3 is 2.33 bits per heavy atom. The van der Waals surface area contributed by atoms with E-state index in [2.05, 4.69) is 11.4 Å². The average molecular weight is 204 g/mol. The summed E-state index contributed by atoms with van der Waals surface area (Å²) in [5.74, 6) is 0.448. The maximum Gasteiger partial charge on any atom is 0.412 e. The highest BCUT2D eigenvalue weighted by Crippen LogP contribution is 2.21. The summed E-state index contributed by atoms with van der Waals surface area (Å²) in [4.78, 5) is 11.0. The monoisotopic (exact) mass is 204 g/mol. The predicted octanol–water partition coefficient (Wildman–Crippen LogP) is 1.89. The topological polar surface area (TPSA) is 62.1 Å². The van der Waals surface area contributed by atoms with Crippen LogP contribution in [0.2, 0.25) is 0 Å². The molecule has 0 aromatic heterocycles. The van der Waals surface area contributed by atoms with Gasteiger partial charge in [-0.15, -0.1) is 0 Å². The van der Waals surface area contributed by atoms with Gasteiger partial charge in [-0.05, 0) is 37.1 Å². The first-order valence-corrected chi connectivity index (χ1v) is 4.49. The minimum absolute atomic E-state index is 0.448. The SMILES string of the molecule is CNC(=O)Oc1cc(C)c(C#N)c(C)c1. The second-order valence-corrected chi connectivity index (χ2v) is 3.18. The Morgan fingerprint density at radius 1 is 1.40 bits per heavy atom. The Labute approximate surface area is 88.5 Å². The van der Waals surface area contributed by atoms with E-state index in [-0.39, 0.29) is 0 Å². The molecule has 0 aliphatic heterocycles. The van der Waals surface area contributed by atoms with Crippen molar-refractivity contribution in [3.63, 3.8) is 0 Å². The number of ether oxygens (including phenoxy) is 1. The van der Waals surface area contributed by atoms with E-state index in [1.54, 1.807) is 12.1 Å². The molecule has 1 amide bonds. The fourth-order valence-electron chi connectivity index (χ4n) is 1.32. The fraction of sp³-hybridized carbons (Fsp3) is 0.273. The Morgan fingerprint density at radius 2 is 1.93 bits per heavy atom. The first-order valence-electron chi connectivity index (χ1n) is 4.49. The quantitative estimate of drug-likeness (QED) is 0.759. The first-order chi connectivity index (χ1) is 7.08. The van der Waals surface area contributed by atoms with E-state index in [1.165, 1.54) is 7.05 Å². The second-order valence-electron chi connectivity index (χ2n) is 3.18. The molecular formula is C11H12N2O2. The summed E-state index contributed by atoms with van der Waals surface area (Å²) >= 11 is 0. The lowest BCUT2D eigenvalue weighted by Crippen LogP contribution is -2.22. The van der Waals surface area contributed by atoms with E-state index in [4.69, 9.17) is 10.00 Å². The van der Waals surface area contributed by atoms with Gasteiger partial charge in [-0.1, -0.05) is 0 Å². The molecular weight excluding hydrogens is 192 g/mol. The van der Waals surface area contributed by atoms with Crippen LogP contribution < -0.4 is 10.1 Å². The molecule has 4 nitrogen and oxygen atoms in total. The number of benzene rings is 1. The summed E-state index contributed by atoms with van der Waals surface area (Å²) in [6.07, 6.45) is -0.515. The summed E-state index contributed by atoms with van der Waals surface area (Å²) in [6, 6.07) is 5.44. The number of nitriles is 1. The highest BCUT2D eigenvalue weighted by Gasteiger charge is 2.07. The number of rotatable bonds is 1. The maximum absolute atomic E-state index is 11.0. The molecule has 78 valence electrons. The third-order valence-corrected chi connectivity index (χ3v) is 2.03. The highest BCUT2D eigenvalue weighted by molar-refractivity contribution is 5.70. The Hall–Kier alpha value is -2.02. The highest BCUT2D eigenvalue weighted by atomic mass is 16.5. The third-order valence-electron chi connectivity index (χ3n) is 2.03. The normalized spacial score (nSPS) is 9.20. The van der Waals surface area contributed by atoms with Crippen LogP contribution in [0, 0.1) is 25.2 Å². The lowest BCUT2D eigenvalue weighted by Gasteiger charge is -2.07. The summed E-state index contributed by atoms with van der Waals surface area (Å²) in [5.41, 5.74) is 2.23. The zero-order valence-electron chi connectivity index (χ0n) is 8.92. The molecule has 0 fully saturated rings. The Balaban J connectivity index is 3.05. The van der Waals surface area contributed by atoms with Gasteiger partial charge in [0.15, 0.2) is 0 Å². The third kappa shape index (κ3) is 2.47. The molecule has 0 heterocycles. The number of carbonyl (C=O) groups excluding carboxylic acids is 1. The van der Waals surface area contributed by atoms with E-state index in [0.29, 0.717) is 11.3 Å². The van der Waals surface area contributed by atoms with E-state index in [0.717, 1.165) is 11.1 Å². The molecule has 0 bridgehead atoms. The number of nitrogens with one attached hydrogen (secondary N) is 1. The minimum atomic E-state index is -0.515. The standard InChI is InChI=1S/C11H12N2O2/c1-7-4-9(15-11(14)13-3)5-8(2)10(7)6-12/h4-5H,1-3H3,(H,13,14). The van der Waals surface area contributed by atoms with Crippen LogP contribution in [0.1, 0.15) is 16.7 Å². The van der Waals surface area contributed by atoms with Gasteiger partial charge in [-0.2, -0.15) is 5.26 Å². The average Bonchev–Trinajstić information content (AvgIpc) is 2.17. The van der Waals surface area contributed by atoms with Crippen molar-refractivity contribution in [1.82, 2.24) is 5.32 Å². The van der Waals surface area contributed by atoms with Crippen molar-refractivity contribution in [3.05, 3.63) is 28.8 Å². The number of hydrogen-bond acceptors (Lipinski definition) is 3. The fourth-order valence-corrected chi connectivity index (χ4v) is 1.32. The Kier molecular flexibility index (Phi) is 3.29. The van der Waals surface area contributed by atoms with Crippen LogP contribution in [0.5, 0.6) is 5.75 Å². The van der Waals surface area contributed by atoms with Crippen molar-refractivity contribution in [3.8, 4) is 11.8 Å². The van der Waals surface area contributed by atoms with Crippen molar-refractivity contribution in [2.75, 3.05) is 7.05 Å². The van der Waals surface area contributed by atoms with Crippen LogP contribution in [0.25, 0.3) is 0 Å². The largest absolute Gasteiger partial charge is 0.412 e. The molecule has 1 aromatic rings. The van der Waals surface area contributed by atoms with Crippen molar-refractivity contribution in [2.24, 2.45) is 0 Å². The zero-order chi connectivity index (χ0) is 11.4. The summed E-state index contributed by atoms with van der Waals surface area (Å²) < 4.78 is 4.97. The lowest BCUT2D eigenvalue weighted by atomic mass is 10.0. The van der Waals surface area contributed by atoms with Gasteiger partial charge < -0.3 is 10.1 Å². The molecule has 0 aliphatic rings. The van der Waals surface area contributed by atoms with Gasteiger partial charge in [0.25, 0.3) is 0 Å². The molecule has 0 saturated heterocycles. The van der Waals surface area contributed by atoms with Gasteiger partial charge in [-0.25, -0.2) is 4.79 Å². The van der Waals surface area contributed by atoms with Gasteiger partial charge in [0.2, 0.25) is 0 Å². The van der Waals surface area contributed by atoms with Crippen molar-refractivity contribution >= 4 is 6.09 Å². The number of nitrogens with zero attached hydrogens (tertiary/aromatic N) is 1. The molecule has 0 atom stereocenters. The molecule has 1 aromatic carbocycles. The van der Waals surface area contributed by atoms with Gasteiger partial charge in [0, 0.05) is 7.05 Å². The molecule has 1 rings (SSSR count). The Bertz CT molecular complexity index is 410. The second kappa shape index (κ2) is 4.47. The minimum Gasteiger partial charge on any atom is -0.410 e. The van der Waals surface area contributed by atoms with Gasteiger partial charge in [0.05, 0.1) is 11.6 Å². The van der Waals surface area contributed by atoms with Crippen LogP contribution >= 0.6 is 0 Å². The van der Waals surface area contributed by atoms with Crippen LogP contribution in [0.3, 0.4) is 0 Å². The molecule has 0 saturated carbocycles. The summed E-state index contributed by atoms with van der Waals surface area (Å²) in [5, 5.41) is 11.2. The number of hydrogen-bond donors (Lipinski definition) is 1. The van der Waals surface area contributed by atoms with Crippen LogP contribution in [-0.2, 0) is 0 Å². The molecule has 4 heteroatoms. The van der Waals surface area contributed by atoms with E-state index in [9.17, 15) is 4.79 Å². The summed E-state index contributed by atoms with van der Waals surface area (Å²) in [6.45, 7) is 3.62. The lowest BCUT2D eigenvalue weighted by molar-refractivity contribution is 0.203. The van der Waals surface area contributed by atoms with Crippen LogP contribution in [0.15, 0.2) is 12.1 Å².